The monoisotopic (exact) mass is 339 g/mol. The summed E-state index contributed by atoms with van der Waals surface area (Å²) in [6.45, 7) is 5.48. The summed E-state index contributed by atoms with van der Waals surface area (Å²) in [6, 6.07) is 20.8. The largest absolute Gasteiger partial charge is 0.491 e. The molecule has 0 N–H and O–H groups in total. The first-order chi connectivity index (χ1) is 12.4. The van der Waals surface area contributed by atoms with E-state index >= 15 is 0 Å². The summed E-state index contributed by atoms with van der Waals surface area (Å²) in [5.41, 5.74) is 1.47. The first kappa shape index (κ1) is 18.0. The summed E-state index contributed by atoms with van der Waals surface area (Å²) in [7, 11) is 0. The van der Waals surface area contributed by atoms with Crippen LogP contribution in [0.4, 0.5) is 0 Å². The predicted molar refractivity (Wildman–Crippen MR) is 102 cm³/mol. The normalized spacial score (nSPS) is 16.0. The summed E-state index contributed by atoms with van der Waals surface area (Å²) in [6.07, 6.45) is 3.82. The molecule has 3 nitrogen and oxygen atoms in total. The lowest BCUT2D eigenvalue weighted by Gasteiger charge is -2.31. The van der Waals surface area contributed by atoms with Crippen LogP contribution in [0.15, 0.2) is 60.7 Å². The van der Waals surface area contributed by atoms with Crippen LogP contribution in [-0.4, -0.2) is 44.4 Å². The van der Waals surface area contributed by atoms with Crippen molar-refractivity contribution in [3.8, 4) is 5.75 Å². The Bertz CT molecular complexity index is 579. The van der Waals surface area contributed by atoms with Crippen molar-refractivity contribution in [2.75, 3.05) is 39.5 Å². The van der Waals surface area contributed by atoms with Gasteiger partial charge in [-0.25, -0.2) is 0 Å². The van der Waals surface area contributed by atoms with Gasteiger partial charge in [0.25, 0.3) is 0 Å². The van der Waals surface area contributed by atoms with E-state index in [1.54, 1.807) is 0 Å². The van der Waals surface area contributed by atoms with E-state index in [9.17, 15) is 0 Å². The minimum atomic E-state index is 0.614. The van der Waals surface area contributed by atoms with Gasteiger partial charge >= 0.3 is 0 Å². The number of hydrogen-bond acceptors (Lipinski definition) is 3. The fourth-order valence-corrected chi connectivity index (χ4v) is 3.39. The van der Waals surface area contributed by atoms with Gasteiger partial charge < -0.3 is 14.4 Å². The zero-order chi connectivity index (χ0) is 17.2. The van der Waals surface area contributed by atoms with Crippen LogP contribution in [0.1, 0.15) is 18.4 Å². The van der Waals surface area contributed by atoms with Crippen molar-refractivity contribution in [2.24, 2.45) is 5.92 Å². The molecule has 0 bridgehead atoms. The predicted octanol–water partition coefficient (Wildman–Crippen LogP) is 4.04. The van der Waals surface area contributed by atoms with Gasteiger partial charge in [0.1, 0.15) is 12.4 Å². The first-order valence-electron chi connectivity index (χ1n) is 9.42. The van der Waals surface area contributed by atoms with Crippen molar-refractivity contribution < 1.29 is 9.47 Å². The number of hydrogen-bond donors (Lipinski definition) is 0. The quantitative estimate of drug-likeness (QED) is 0.644. The van der Waals surface area contributed by atoms with Gasteiger partial charge in [0, 0.05) is 6.54 Å². The van der Waals surface area contributed by atoms with Crippen LogP contribution in [0.25, 0.3) is 0 Å². The molecule has 1 heterocycles. The smallest absolute Gasteiger partial charge is 0.119 e. The van der Waals surface area contributed by atoms with Gasteiger partial charge in [-0.2, -0.15) is 0 Å². The number of nitrogens with zero attached hydrogens (tertiary/aromatic N) is 1. The molecule has 0 amide bonds. The van der Waals surface area contributed by atoms with Crippen molar-refractivity contribution in [3.05, 3.63) is 66.2 Å². The zero-order valence-electron chi connectivity index (χ0n) is 15.0. The third-order valence-corrected chi connectivity index (χ3v) is 4.87. The molecule has 3 rings (SSSR count). The van der Waals surface area contributed by atoms with Gasteiger partial charge in [-0.1, -0.05) is 48.5 Å². The highest BCUT2D eigenvalue weighted by Crippen LogP contribution is 2.21. The Labute approximate surface area is 151 Å². The van der Waals surface area contributed by atoms with E-state index in [2.05, 4.69) is 35.2 Å². The van der Waals surface area contributed by atoms with Crippen molar-refractivity contribution in [3.63, 3.8) is 0 Å². The molecule has 1 saturated heterocycles. The summed E-state index contributed by atoms with van der Waals surface area (Å²) in [4.78, 5) is 2.53. The van der Waals surface area contributed by atoms with Gasteiger partial charge in [-0.3, -0.25) is 0 Å². The minimum Gasteiger partial charge on any atom is -0.491 e. The summed E-state index contributed by atoms with van der Waals surface area (Å²) in [5.74, 6) is 1.74. The molecule has 1 aliphatic rings. The van der Waals surface area contributed by atoms with Crippen LogP contribution in [0.5, 0.6) is 5.75 Å². The number of rotatable bonds is 9. The fraction of sp³-hybridized carbons (Fsp3) is 0.455. The molecule has 0 spiro atoms. The molecular formula is C22H29NO2. The molecule has 0 aliphatic carbocycles. The average Bonchev–Trinajstić information content (AvgIpc) is 2.67. The molecule has 0 atom stereocenters. The zero-order valence-corrected chi connectivity index (χ0v) is 15.0. The highest BCUT2D eigenvalue weighted by Gasteiger charge is 2.18. The van der Waals surface area contributed by atoms with Gasteiger partial charge in [-0.05, 0) is 56.0 Å². The maximum atomic E-state index is 5.71. The van der Waals surface area contributed by atoms with E-state index in [1.165, 1.54) is 37.9 Å². The van der Waals surface area contributed by atoms with Crippen molar-refractivity contribution in [1.29, 1.82) is 0 Å². The SMILES string of the molecule is c1ccc(CC2CCN(CCOCCOc3ccccc3)CC2)cc1. The van der Waals surface area contributed by atoms with Crippen LogP contribution in [0.3, 0.4) is 0 Å². The van der Waals surface area contributed by atoms with Gasteiger partial charge in [0.05, 0.1) is 13.2 Å². The summed E-state index contributed by atoms with van der Waals surface area (Å²) < 4.78 is 11.3. The van der Waals surface area contributed by atoms with Gasteiger partial charge in [0.2, 0.25) is 0 Å². The van der Waals surface area contributed by atoms with E-state index in [0.717, 1.165) is 24.8 Å². The van der Waals surface area contributed by atoms with E-state index in [0.29, 0.717) is 13.2 Å². The van der Waals surface area contributed by atoms with E-state index in [1.807, 2.05) is 30.3 Å². The molecule has 25 heavy (non-hydrogen) atoms. The Morgan fingerprint density at radius 2 is 1.48 bits per heavy atom. The third-order valence-electron chi connectivity index (χ3n) is 4.87. The molecule has 1 fully saturated rings. The van der Waals surface area contributed by atoms with E-state index in [4.69, 9.17) is 9.47 Å². The molecule has 2 aromatic carbocycles. The van der Waals surface area contributed by atoms with Crippen molar-refractivity contribution >= 4 is 0 Å². The van der Waals surface area contributed by atoms with Crippen molar-refractivity contribution in [2.45, 2.75) is 19.3 Å². The standard InChI is InChI=1S/C22H29NO2/c1-3-7-20(8-4-1)19-21-11-13-23(14-12-21)15-16-24-17-18-25-22-9-5-2-6-10-22/h1-10,21H,11-19H2. The molecule has 0 saturated carbocycles. The number of para-hydroxylation sites is 1. The molecule has 0 aromatic heterocycles. The van der Waals surface area contributed by atoms with Crippen LogP contribution < -0.4 is 4.74 Å². The van der Waals surface area contributed by atoms with Crippen LogP contribution >= 0.6 is 0 Å². The Morgan fingerprint density at radius 3 is 2.20 bits per heavy atom. The number of piperidine rings is 1. The molecular weight excluding hydrogens is 310 g/mol. The summed E-state index contributed by atoms with van der Waals surface area (Å²) in [5, 5.41) is 0. The third kappa shape index (κ3) is 6.52. The second-order valence-corrected chi connectivity index (χ2v) is 6.75. The Kier molecular flexibility index (Phi) is 7.34. The minimum absolute atomic E-state index is 0.614. The number of likely N-dealkylation sites (tertiary alicyclic amines) is 1. The Hall–Kier alpha value is -1.84. The number of benzene rings is 2. The first-order valence-corrected chi connectivity index (χ1v) is 9.42. The molecule has 0 unspecified atom stereocenters. The maximum absolute atomic E-state index is 5.71. The molecule has 134 valence electrons. The Balaban J connectivity index is 1.22. The van der Waals surface area contributed by atoms with E-state index in [-0.39, 0.29) is 0 Å². The molecule has 2 aromatic rings. The molecule has 1 aliphatic heterocycles. The van der Waals surface area contributed by atoms with Gasteiger partial charge in [0.15, 0.2) is 0 Å². The molecule has 0 radical (unpaired) electrons. The second kappa shape index (κ2) is 10.2. The topological polar surface area (TPSA) is 21.7 Å². The van der Waals surface area contributed by atoms with Crippen molar-refractivity contribution in [1.82, 2.24) is 4.90 Å². The number of ether oxygens (including phenoxy) is 2. The average molecular weight is 339 g/mol. The maximum Gasteiger partial charge on any atom is 0.119 e. The highest BCUT2D eigenvalue weighted by molar-refractivity contribution is 5.20. The van der Waals surface area contributed by atoms with Crippen LogP contribution in [0.2, 0.25) is 0 Å². The van der Waals surface area contributed by atoms with Crippen LogP contribution in [0, 0.1) is 5.92 Å². The lowest BCUT2D eigenvalue weighted by Crippen LogP contribution is -2.36. The second-order valence-electron chi connectivity index (χ2n) is 6.75. The fourth-order valence-electron chi connectivity index (χ4n) is 3.39. The lowest BCUT2D eigenvalue weighted by atomic mass is 9.90. The molecule has 3 heteroatoms. The highest BCUT2D eigenvalue weighted by atomic mass is 16.5. The lowest BCUT2D eigenvalue weighted by molar-refractivity contribution is 0.0698. The summed E-state index contributed by atoms with van der Waals surface area (Å²) >= 11 is 0. The van der Waals surface area contributed by atoms with Gasteiger partial charge in [-0.15, -0.1) is 0 Å². The van der Waals surface area contributed by atoms with E-state index < -0.39 is 0 Å². The Morgan fingerprint density at radius 1 is 0.800 bits per heavy atom. The van der Waals surface area contributed by atoms with Crippen LogP contribution in [-0.2, 0) is 11.2 Å².